The Labute approximate surface area is 134 Å². The van der Waals surface area contributed by atoms with Crippen LogP contribution in [0.4, 0.5) is 5.95 Å². The van der Waals surface area contributed by atoms with E-state index in [0.29, 0.717) is 0 Å². The predicted octanol–water partition coefficient (Wildman–Crippen LogP) is -0.796. The quantitative estimate of drug-likeness (QED) is 0.639. The van der Waals surface area contributed by atoms with Crippen LogP contribution >= 0.6 is 0 Å². The molecule has 0 radical (unpaired) electrons. The summed E-state index contributed by atoms with van der Waals surface area (Å²) in [5, 5.41) is 9.37. The van der Waals surface area contributed by atoms with E-state index >= 15 is 0 Å². The fraction of sp³-hybridized carbons (Fsp3) is 0.538. The highest BCUT2D eigenvalue weighted by atomic mass is 16.8. The molecule has 2 saturated heterocycles. The summed E-state index contributed by atoms with van der Waals surface area (Å²) in [5.74, 6) is -2.20. The molecular weight excluding hydrogens is 322 g/mol. The van der Waals surface area contributed by atoms with Gasteiger partial charge in [0.1, 0.15) is 12.2 Å². The highest BCUT2D eigenvalue weighted by Gasteiger charge is 2.58. The van der Waals surface area contributed by atoms with Crippen LogP contribution in [0.25, 0.3) is 11.2 Å². The standard InChI is InChI=1S/C13H15N5O6/c1-13(2)23-5-6(24-13)10(22-7(5)11(20)21)18-3-15-4-8(18)16-12(14)17-9(4)19/h3,5-7,10H,1-2H3,(H,20,21)(H3,14,16,17,19). The van der Waals surface area contributed by atoms with Crippen molar-refractivity contribution in [2.75, 3.05) is 5.73 Å². The van der Waals surface area contributed by atoms with E-state index in [1.165, 1.54) is 10.9 Å². The minimum absolute atomic E-state index is 0.0706. The summed E-state index contributed by atoms with van der Waals surface area (Å²) in [6.45, 7) is 3.38. The van der Waals surface area contributed by atoms with Crippen LogP contribution in [0.2, 0.25) is 0 Å². The molecule has 0 saturated carbocycles. The second-order valence-electron chi connectivity index (χ2n) is 6.13. The van der Waals surface area contributed by atoms with Gasteiger partial charge in [-0.1, -0.05) is 0 Å². The SMILES string of the molecule is CC1(C)OC2C(C(=O)O)OC(n3cnc4c(=O)[nH]c(N)nc43)C2O1. The molecule has 24 heavy (non-hydrogen) atoms. The molecule has 2 fully saturated rings. The largest absolute Gasteiger partial charge is 0.479 e. The van der Waals surface area contributed by atoms with Gasteiger partial charge in [-0.2, -0.15) is 4.98 Å². The highest BCUT2D eigenvalue weighted by Crippen LogP contribution is 2.43. The molecule has 0 amide bonds. The van der Waals surface area contributed by atoms with Gasteiger partial charge in [0.15, 0.2) is 29.3 Å². The molecule has 4 atom stereocenters. The van der Waals surface area contributed by atoms with Crippen molar-refractivity contribution in [2.45, 2.75) is 44.2 Å². The number of carboxylic acid groups (broad SMARTS) is 1. The number of hydrogen-bond acceptors (Lipinski definition) is 8. The summed E-state index contributed by atoms with van der Waals surface area (Å²) < 4.78 is 18.5. The van der Waals surface area contributed by atoms with Gasteiger partial charge in [-0.05, 0) is 13.8 Å². The molecule has 0 spiro atoms. The number of anilines is 1. The Hall–Kier alpha value is -2.50. The molecule has 0 bridgehead atoms. The maximum absolute atomic E-state index is 11.9. The fourth-order valence-electron chi connectivity index (χ4n) is 3.13. The van der Waals surface area contributed by atoms with Crippen molar-refractivity contribution in [3.8, 4) is 0 Å². The van der Waals surface area contributed by atoms with E-state index in [9.17, 15) is 14.7 Å². The minimum atomic E-state index is -1.21. The van der Waals surface area contributed by atoms with Crippen LogP contribution in [0.5, 0.6) is 0 Å². The lowest BCUT2D eigenvalue weighted by atomic mass is 10.1. The van der Waals surface area contributed by atoms with Gasteiger partial charge in [-0.3, -0.25) is 14.3 Å². The van der Waals surface area contributed by atoms with Crippen LogP contribution in [0.15, 0.2) is 11.1 Å². The van der Waals surface area contributed by atoms with Crippen molar-refractivity contribution in [2.24, 2.45) is 0 Å². The first kappa shape index (κ1) is 15.1. The number of carboxylic acids is 1. The van der Waals surface area contributed by atoms with Crippen molar-refractivity contribution in [3.05, 3.63) is 16.7 Å². The molecule has 2 aliphatic rings. The minimum Gasteiger partial charge on any atom is -0.479 e. The van der Waals surface area contributed by atoms with Gasteiger partial charge in [0.2, 0.25) is 5.95 Å². The summed E-state index contributed by atoms with van der Waals surface area (Å²) in [5.41, 5.74) is 5.33. The van der Waals surface area contributed by atoms with E-state index in [0.717, 1.165) is 0 Å². The molecule has 2 aromatic rings. The number of nitrogens with two attached hydrogens (primary N) is 1. The van der Waals surface area contributed by atoms with Gasteiger partial charge in [0, 0.05) is 0 Å². The summed E-state index contributed by atoms with van der Waals surface area (Å²) >= 11 is 0. The van der Waals surface area contributed by atoms with Crippen molar-refractivity contribution in [3.63, 3.8) is 0 Å². The highest BCUT2D eigenvalue weighted by molar-refractivity contribution is 5.74. The maximum Gasteiger partial charge on any atom is 0.335 e. The molecule has 11 nitrogen and oxygen atoms in total. The number of aliphatic carboxylic acids is 1. The number of carbonyl (C=O) groups is 1. The van der Waals surface area contributed by atoms with Crippen molar-refractivity contribution < 1.29 is 24.1 Å². The van der Waals surface area contributed by atoms with Gasteiger partial charge in [-0.25, -0.2) is 9.78 Å². The summed E-state index contributed by atoms with van der Waals surface area (Å²) in [4.78, 5) is 33.8. The topological polar surface area (TPSA) is 155 Å². The van der Waals surface area contributed by atoms with Crippen LogP contribution in [-0.2, 0) is 19.0 Å². The third-order valence-electron chi connectivity index (χ3n) is 4.00. The Kier molecular flexibility index (Phi) is 2.98. The van der Waals surface area contributed by atoms with Crippen molar-refractivity contribution >= 4 is 23.1 Å². The van der Waals surface area contributed by atoms with Gasteiger partial charge < -0.3 is 25.1 Å². The van der Waals surface area contributed by atoms with Gasteiger partial charge in [0.25, 0.3) is 5.56 Å². The molecule has 4 N–H and O–H groups in total. The van der Waals surface area contributed by atoms with Crippen LogP contribution < -0.4 is 11.3 Å². The van der Waals surface area contributed by atoms with E-state index in [1.807, 2.05) is 0 Å². The normalized spacial score (nSPS) is 31.4. The van der Waals surface area contributed by atoms with E-state index in [4.69, 9.17) is 19.9 Å². The molecule has 4 rings (SSSR count). The first-order chi connectivity index (χ1) is 11.3. The number of fused-ring (bicyclic) bond motifs is 2. The zero-order valence-electron chi connectivity index (χ0n) is 12.8. The maximum atomic E-state index is 11.9. The summed E-state index contributed by atoms with van der Waals surface area (Å²) in [6.07, 6.45) is -2.22. The van der Waals surface area contributed by atoms with Crippen LogP contribution in [-0.4, -0.2) is 54.7 Å². The molecule has 4 unspecified atom stereocenters. The number of nitrogen functional groups attached to an aromatic ring is 1. The molecule has 2 aromatic heterocycles. The monoisotopic (exact) mass is 337 g/mol. The number of aromatic amines is 1. The Balaban J connectivity index is 1.82. The predicted molar refractivity (Wildman–Crippen MR) is 77.9 cm³/mol. The van der Waals surface area contributed by atoms with Crippen LogP contribution in [0, 0.1) is 0 Å². The van der Waals surface area contributed by atoms with Crippen LogP contribution in [0.3, 0.4) is 0 Å². The average Bonchev–Trinajstić information content (AvgIpc) is 3.09. The Morgan fingerprint density at radius 3 is 2.83 bits per heavy atom. The van der Waals surface area contributed by atoms with E-state index in [1.54, 1.807) is 13.8 Å². The number of rotatable bonds is 2. The number of H-pyrrole nitrogens is 1. The molecule has 0 aromatic carbocycles. The van der Waals surface area contributed by atoms with Crippen LogP contribution in [0.1, 0.15) is 20.1 Å². The lowest BCUT2D eigenvalue weighted by Gasteiger charge is -2.23. The third-order valence-corrected chi connectivity index (χ3v) is 4.00. The smallest absolute Gasteiger partial charge is 0.335 e. The zero-order chi connectivity index (χ0) is 17.2. The van der Waals surface area contributed by atoms with Gasteiger partial charge >= 0.3 is 5.97 Å². The molecule has 2 aliphatic heterocycles. The zero-order valence-corrected chi connectivity index (χ0v) is 12.8. The molecule has 11 heteroatoms. The van der Waals surface area contributed by atoms with Crippen molar-refractivity contribution in [1.29, 1.82) is 0 Å². The van der Waals surface area contributed by atoms with E-state index in [-0.39, 0.29) is 17.1 Å². The summed E-state index contributed by atoms with van der Waals surface area (Å²) in [7, 11) is 0. The first-order valence-electron chi connectivity index (χ1n) is 7.23. The Morgan fingerprint density at radius 1 is 1.42 bits per heavy atom. The molecule has 128 valence electrons. The summed E-state index contributed by atoms with van der Waals surface area (Å²) in [6, 6.07) is 0. The number of imidazole rings is 1. The van der Waals surface area contributed by atoms with E-state index < -0.39 is 41.9 Å². The molecular formula is C13H15N5O6. The number of ether oxygens (including phenoxy) is 3. The Morgan fingerprint density at radius 2 is 2.12 bits per heavy atom. The molecule has 4 heterocycles. The Bertz CT molecular complexity index is 889. The first-order valence-corrected chi connectivity index (χ1v) is 7.23. The average molecular weight is 337 g/mol. The lowest BCUT2D eigenvalue weighted by Crippen LogP contribution is -2.35. The molecule has 0 aliphatic carbocycles. The van der Waals surface area contributed by atoms with Gasteiger partial charge in [-0.15, -0.1) is 0 Å². The number of hydrogen-bond donors (Lipinski definition) is 3. The number of nitrogens with one attached hydrogen (secondary N) is 1. The third kappa shape index (κ3) is 2.09. The second kappa shape index (κ2) is 4.75. The van der Waals surface area contributed by atoms with Crippen molar-refractivity contribution in [1.82, 2.24) is 19.5 Å². The second-order valence-corrected chi connectivity index (χ2v) is 6.13. The van der Waals surface area contributed by atoms with Gasteiger partial charge in [0.05, 0.1) is 6.33 Å². The van der Waals surface area contributed by atoms with E-state index in [2.05, 4.69) is 15.0 Å². The lowest BCUT2D eigenvalue weighted by molar-refractivity contribution is -0.202. The fourth-order valence-corrected chi connectivity index (χ4v) is 3.13. The number of nitrogens with zero attached hydrogens (tertiary/aromatic N) is 3. The number of aromatic nitrogens is 4.